The first-order valence-electron chi connectivity index (χ1n) is 8.42. The third kappa shape index (κ3) is 5.34. The lowest BCUT2D eigenvalue weighted by Crippen LogP contribution is -2.24. The molecule has 0 fully saturated rings. The fourth-order valence-electron chi connectivity index (χ4n) is 2.73. The highest BCUT2D eigenvalue weighted by Crippen LogP contribution is 2.27. The van der Waals surface area contributed by atoms with Gasteiger partial charge < -0.3 is 15.8 Å². The van der Waals surface area contributed by atoms with Gasteiger partial charge in [-0.2, -0.15) is 0 Å². The van der Waals surface area contributed by atoms with Crippen LogP contribution in [-0.2, 0) is 17.6 Å². The van der Waals surface area contributed by atoms with Crippen LogP contribution >= 0.6 is 0 Å². The van der Waals surface area contributed by atoms with Crippen LogP contribution in [0.1, 0.15) is 44.2 Å². The number of benzene rings is 1. The summed E-state index contributed by atoms with van der Waals surface area (Å²) in [5.41, 5.74) is 9.94. The third-order valence-electron chi connectivity index (χ3n) is 4.02. The van der Waals surface area contributed by atoms with Crippen molar-refractivity contribution in [3.8, 4) is 0 Å². The van der Waals surface area contributed by atoms with Gasteiger partial charge in [0.25, 0.3) is 0 Å². The summed E-state index contributed by atoms with van der Waals surface area (Å²) in [4.78, 5) is 4.34. The van der Waals surface area contributed by atoms with Gasteiger partial charge in [0.15, 0.2) is 5.96 Å². The molecule has 0 saturated carbocycles. The van der Waals surface area contributed by atoms with E-state index in [1.54, 1.807) is 0 Å². The van der Waals surface area contributed by atoms with E-state index in [0.29, 0.717) is 25.0 Å². The quantitative estimate of drug-likeness (QED) is 0.461. The van der Waals surface area contributed by atoms with Gasteiger partial charge in [-0.15, -0.1) is 0 Å². The molecule has 0 radical (unpaired) electrons. The zero-order chi connectivity index (χ0) is 15.8. The SMILES string of the molecule is CC(C)CCOCCN=C(N)Nc1cccc2c1CCCC2. The molecule has 0 spiro atoms. The van der Waals surface area contributed by atoms with E-state index < -0.39 is 0 Å². The van der Waals surface area contributed by atoms with Gasteiger partial charge in [0.05, 0.1) is 13.2 Å². The van der Waals surface area contributed by atoms with Gasteiger partial charge in [-0.25, -0.2) is 0 Å². The smallest absolute Gasteiger partial charge is 0.193 e. The molecule has 1 aliphatic rings. The molecule has 0 aliphatic heterocycles. The molecule has 0 unspecified atom stereocenters. The molecule has 0 aromatic heterocycles. The van der Waals surface area contributed by atoms with Crippen LogP contribution in [0.3, 0.4) is 0 Å². The summed E-state index contributed by atoms with van der Waals surface area (Å²) in [5, 5.41) is 3.25. The second kappa shape index (κ2) is 8.79. The normalized spacial score (nSPS) is 15.0. The number of ether oxygens (including phenoxy) is 1. The van der Waals surface area contributed by atoms with E-state index >= 15 is 0 Å². The zero-order valence-electron chi connectivity index (χ0n) is 13.9. The Bertz CT molecular complexity index is 497. The molecule has 122 valence electrons. The number of nitrogens with one attached hydrogen (secondary N) is 1. The van der Waals surface area contributed by atoms with E-state index in [-0.39, 0.29) is 0 Å². The van der Waals surface area contributed by atoms with E-state index in [1.165, 1.54) is 30.4 Å². The summed E-state index contributed by atoms with van der Waals surface area (Å²) in [6.45, 7) is 6.43. The number of anilines is 1. The molecular weight excluding hydrogens is 274 g/mol. The number of aryl methyl sites for hydroxylation is 1. The predicted octanol–water partition coefficient (Wildman–Crippen LogP) is 3.35. The first-order valence-corrected chi connectivity index (χ1v) is 8.42. The van der Waals surface area contributed by atoms with Gasteiger partial charge in [-0.3, -0.25) is 4.99 Å². The van der Waals surface area contributed by atoms with Gasteiger partial charge in [-0.05, 0) is 55.2 Å². The van der Waals surface area contributed by atoms with Crippen molar-refractivity contribution in [1.29, 1.82) is 0 Å². The number of hydrogen-bond donors (Lipinski definition) is 2. The topological polar surface area (TPSA) is 59.6 Å². The van der Waals surface area contributed by atoms with Crippen LogP contribution in [0.2, 0.25) is 0 Å². The molecule has 1 aromatic rings. The van der Waals surface area contributed by atoms with Crippen LogP contribution < -0.4 is 11.1 Å². The van der Waals surface area contributed by atoms with E-state index in [2.05, 4.69) is 42.4 Å². The average molecular weight is 303 g/mol. The van der Waals surface area contributed by atoms with Crippen molar-refractivity contribution in [2.45, 2.75) is 46.0 Å². The lowest BCUT2D eigenvalue weighted by atomic mass is 9.90. The van der Waals surface area contributed by atoms with Gasteiger partial charge in [0.2, 0.25) is 0 Å². The molecule has 22 heavy (non-hydrogen) atoms. The van der Waals surface area contributed by atoms with E-state index in [9.17, 15) is 0 Å². The van der Waals surface area contributed by atoms with Crippen LogP contribution in [-0.4, -0.2) is 25.7 Å². The summed E-state index contributed by atoms with van der Waals surface area (Å²) in [5.74, 6) is 1.16. The molecule has 0 amide bonds. The summed E-state index contributed by atoms with van der Waals surface area (Å²) in [6.07, 6.45) is 5.93. The maximum Gasteiger partial charge on any atom is 0.193 e. The number of guanidine groups is 1. The maximum atomic E-state index is 5.99. The minimum Gasteiger partial charge on any atom is -0.380 e. The van der Waals surface area contributed by atoms with Crippen LogP contribution in [0, 0.1) is 5.92 Å². The number of aliphatic imine (C=N–C) groups is 1. The molecule has 0 saturated heterocycles. The van der Waals surface area contributed by atoms with Gasteiger partial charge in [0.1, 0.15) is 0 Å². The molecule has 2 rings (SSSR count). The zero-order valence-corrected chi connectivity index (χ0v) is 13.9. The Labute approximate surface area is 134 Å². The third-order valence-corrected chi connectivity index (χ3v) is 4.02. The number of hydrogen-bond acceptors (Lipinski definition) is 2. The summed E-state index contributed by atoms with van der Waals surface area (Å²) < 4.78 is 5.55. The summed E-state index contributed by atoms with van der Waals surface area (Å²) in [6, 6.07) is 6.40. The number of rotatable bonds is 7. The Morgan fingerprint density at radius 1 is 1.27 bits per heavy atom. The lowest BCUT2D eigenvalue weighted by molar-refractivity contribution is 0.131. The molecule has 0 atom stereocenters. The Morgan fingerprint density at radius 3 is 2.91 bits per heavy atom. The summed E-state index contributed by atoms with van der Waals surface area (Å²) in [7, 11) is 0. The van der Waals surface area contributed by atoms with Gasteiger partial charge >= 0.3 is 0 Å². The van der Waals surface area contributed by atoms with Crippen LogP contribution in [0.5, 0.6) is 0 Å². The molecule has 0 heterocycles. The standard InChI is InChI=1S/C18H29N3O/c1-14(2)10-12-22-13-11-20-18(19)21-17-9-5-7-15-6-3-4-8-16(15)17/h5,7,9,14H,3-4,6,8,10-13H2,1-2H3,(H3,19,20,21). The highest BCUT2D eigenvalue weighted by atomic mass is 16.5. The fraction of sp³-hybridized carbons (Fsp3) is 0.611. The highest BCUT2D eigenvalue weighted by molar-refractivity contribution is 5.93. The van der Waals surface area contributed by atoms with E-state index in [1.807, 2.05) is 0 Å². The Morgan fingerprint density at radius 2 is 2.09 bits per heavy atom. The average Bonchev–Trinajstić information content (AvgIpc) is 2.51. The Kier molecular flexibility index (Phi) is 6.72. The molecule has 3 N–H and O–H groups in total. The largest absolute Gasteiger partial charge is 0.380 e. The first-order chi connectivity index (χ1) is 10.7. The minimum absolute atomic E-state index is 0.478. The van der Waals surface area contributed by atoms with Crippen molar-refractivity contribution in [2.24, 2.45) is 16.6 Å². The highest BCUT2D eigenvalue weighted by Gasteiger charge is 2.12. The molecule has 0 bridgehead atoms. The number of nitrogens with two attached hydrogens (primary N) is 1. The monoisotopic (exact) mass is 303 g/mol. The predicted molar refractivity (Wildman–Crippen MR) is 93.5 cm³/mol. The van der Waals surface area contributed by atoms with Crippen molar-refractivity contribution >= 4 is 11.6 Å². The molecule has 4 heteroatoms. The Hall–Kier alpha value is -1.55. The van der Waals surface area contributed by atoms with Crippen LogP contribution in [0.4, 0.5) is 5.69 Å². The molecule has 1 aliphatic carbocycles. The minimum atomic E-state index is 0.478. The van der Waals surface area contributed by atoms with Crippen LogP contribution in [0.25, 0.3) is 0 Å². The number of fused-ring (bicyclic) bond motifs is 1. The Balaban J connectivity index is 1.79. The van der Waals surface area contributed by atoms with Gasteiger partial charge in [0, 0.05) is 12.3 Å². The molecule has 4 nitrogen and oxygen atoms in total. The van der Waals surface area contributed by atoms with Crippen molar-refractivity contribution in [3.05, 3.63) is 29.3 Å². The van der Waals surface area contributed by atoms with Crippen molar-refractivity contribution < 1.29 is 4.74 Å². The fourth-order valence-corrected chi connectivity index (χ4v) is 2.73. The second-order valence-corrected chi connectivity index (χ2v) is 6.34. The van der Waals surface area contributed by atoms with Gasteiger partial charge in [-0.1, -0.05) is 26.0 Å². The maximum absolute atomic E-state index is 5.99. The van der Waals surface area contributed by atoms with Crippen molar-refractivity contribution in [2.75, 3.05) is 25.1 Å². The van der Waals surface area contributed by atoms with E-state index in [0.717, 1.165) is 25.1 Å². The first kappa shape index (κ1) is 16.8. The van der Waals surface area contributed by atoms with Crippen molar-refractivity contribution in [3.63, 3.8) is 0 Å². The summed E-state index contributed by atoms with van der Waals surface area (Å²) >= 11 is 0. The van der Waals surface area contributed by atoms with Crippen LogP contribution in [0.15, 0.2) is 23.2 Å². The lowest BCUT2D eigenvalue weighted by Gasteiger charge is -2.19. The number of nitrogens with zero attached hydrogens (tertiary/aromatic N) is 1. The molecular formula is C18H29N3O. The second-order valence-electron chi connectivity index (χ2n) is 6.34. The molecule has 1 aromatic carbocycles. The van der Waals surface area contributed by atoms with Crippen molar-refractivity contribution in [1.82, 2.24) is 0 Å². The van der Waals surface area contributed by atoms with E-state index in [4.69, 9.17) is 10.5 Å².